The largest absolute Gasteiger partial charge is 0.438 e. The molecule has 0 N–H and O–H groups in total. The molecule has 0 aliphatic heterocycles. The normalized spacial score (nSPS) is 14.8. The number of hydrogen-bond acceptors (Lipinski definition) is 2. The minimum atomic E-state index is -1.55. The molecule has 5 heteroatoms. The predicted molar refractivity (Wildman–Crippen MR) is 75.7 cm³/mol. The molecule has 0 saturated heterocycles. The van der Waals surface area contributed by atoms with E-state index in [-0.39, 0.29) is 5.04 Å². The summed E-state index contributed by atoms with van der Waals surface area (Å²) in [5, 5.41) is 0.195. The highest BCUT2D eigenvalue weighted by Gasteiger charge is 2.37. The van der Waals surface area contributed by atoms with Gasteiger partial charge in [0.15, 0.2) is 16.6 Å². The minimum Gasteiger partial charge on any atom is -0.438 e. The molecular weight excluding hydrogens is 236 g/mol. The SMILES string of the molecule is CC(C)(C)[SiH](O[Si](C)(C)C)O[Si](C)(C)C. The topological polar surface area (TPSA) is 18.5 Å². The third-order valence-corrected chi connectivity index (χ3v) is 10.4. The summed E-state index contributed by atoms with van der Waals surface area (Å²) < 4.78 is 12.5. The summed E-state index contributed by atoms with van der Waals surface area (Å²) in [4.78, 5) is 0. The van der Waals surface area contributed by atoms with Crippen LogP contribution in [0.25, 0.3) is 0 Å². The molecule has 0 saturated carbocycles. The fourth-order valence-electron chi connectivity index (χ4n) is 1.02. The van der Waals surface area contributed by atoms with E-state index in [1.807, 2.05) is 0 Å². The van der Waals surface area contributed by atoms with Gasteiger partial charge in [0.25, 0.3) is 0 Å². The van der Waals surface area contributed by atoms with Crippen LogP contribution in [0.15, 0.2) is 0 Å². The van der Waals surface area contributed by atoms with Crippen molar-refractivity contribution in [3.05, 3.63) is 0 Å². The summed E-state index contributed by atoms with van der Waals surface area (Å²) in [6, 6.07) is 0. The van der Waals surface area contributed by atoms with Crippen LogP contribution in [0.3, 0.4) is 0 Å². The lowest BCUT2D eigenvalue weighted by molar-refractivity contribution is 0.375. The van der Waals surface area contributed by atoms with Crippen LogP contribution >= 0.6 is 0 Å². The average Bonchev–Trinajstić information content (AvgIpc) is 1.75. The van der Waals surface area contributed by atoms with Gasteiger partial charge in [0, 0.05) is 5.04 Å². The van der Waals surface area contributed by atoms with Crippen molar-refractivity contribution >= 4 is 25.9 Å². The van der Waals surface area contributed by atoms with Gasteiger partial charge in [0.2, 0.25) is 0 Å². The second-order valence-corrected chi connectivity index (χ2v) is 19.9. The molecule has 0 aromatic carbocycles. The van der Waals surface area contributed by atoms with Gasteiger partial charge >= 0.3 is 9.28 Å². The van der Waals surface area contributed by atoms with Gasteiger partial charge in [-0.3, -0.25) is 0 Å². The summed E-state index contributed by atoms with van der Waals surface area (Å²) in [6.07, 6.45) is 0. The summed E-state index contributed by atoms with van der Waals surface area (Å²) in [5.74, 6) is 0. The standard InChI is InChI=1S/C10H28O2Si3/c1-10(2,3)13(11-14(4,5)6)12-15(7,8)9/h13H,1-9H3. The molecule has 0 amide bonds. The number of rotatable bonds is 4. The second kappa shape index (κ2) is 4.83. The Morgan fingerprint density at radius 2 is 1.00 bits per heavy atom. The van der Waals surface area contributed by atoms with Crippen molar-refractivity contribution in [2.24, 2.45) is 0 Å². The van der Waals surface area contributed by atoms with E-state index in [2.05, 4.69) is 60.1 Å². The second-order valence-electron chi connectivity index (χ2n) is 7.16. The van der Waals surface area contributed by atoms with Crippen LogP contribution in [-0.4, -0.2) is 25.9 Å². The van der Waals surface area contributed by atoms with Crippen LogP contribution in [-0.2, 0) is 8.23 Å². The Morgan fingerprint density at radius 3 is 1.13 bits per heavy atom. The minimum absolute atomic E-state index is 0.195. The highest BCUT2D eigenvalue weighted by Crippen LogP contribution is 2.31. The van der Waals surface area contributed by atoms with Crippen molar-refractivity contribution in [2.45, 2.75) is 65.1 Å². The van der Waals surface area contributed by atoms with Crippen molar-refractivity contribution in [1.29, 1.82) is 0 Å². The summed E-state index contributed by atoms with van der Waals surface area (Å²) >= 11 is 0. The molecule has 0 radical (unpaired) electrons. The zero-order valence-electron chi connectivity index (χ0n) is 11.9. The van der Waals surface area contributed by atoms with Crippen LogP contribution < -0.4 is 0 Å². The molecule has 0 heterocycles. The molecule has 0 aromatic rings. The van der Waals surface area contributed by atoms with Crippen LogP contribution in [0.2, 0.25) is 44.3 Å². The zero-order chi connectivity index (χ0) is 12.5. The van der Waals surface area contributed by atoms with Crippen molar-refractivity contribution in [1.82, 2.24) is 0 Å². The van der Waals surface area contributed by atoms with Gasteiger partial charge in [-0.2, -0.15) is 0 Å². The third kappa shape index (κ3) is 8.39. The van der Waals surface area contributed by atoms with Gasteiger partial charge in [-0.05, 0) is 39.3 Å². The molecule has 0 unspecified atom stereocenters. The Bertz CT molecular complexity index is 182. The van der Waals surface area contributed by atoms with Crippen molar-refractivity contribution in [3.63, 3.8) is 0 Å². The predicted octanol–water partition coefficient (Wildman–Crippen LogP) is 3.71. The first-order valence-electron chi connectivity index (χ1n) is 5.67. The first kappa shape index (κ1) is 15.6. The first-order valence-corrected chi connectivity index (χ1v) is 14.0. The Labute approximate surface area is 99.5 Å². The lowest BCUT2D eigenvalue weighted by Crippen LogP contribution is -2.47. The fraction of sp³-hybridized carbons (Fsp3) is 1.00. The summed E-state index contributed by atoms with van der Waals surface area (Å²) in [6.45, 7) is 20.2. The molecule has 0 aromatic heterocycles. The van der Waals surface area contributed by atoms with E-state index in [1.165, 1.54) is 0 Å². The van der Waals surface area contributed by atoms with E-state index < -0.39 is 25.9 Å². The Morgan fingerprint density at radius 1 is 0.733 bits per heavy atom. The maximum Gasteiger partial charge on any atom is 0.306 e. The molecule has 0 aliphatic rings. The molecule has 0 fully saturated rings. The Balaban J connectivity index is 4.62. The van der Waals surface area contributed by atoms with E-state index in [9.17, 15) is 0 Å². The van der Waals surface area contributed by atoms with Crippen LogP contribution in [0, 0.1) is 0 Å². The summed E-state index contributed by atoms with van der Waals surface area (Å²) in [5.41, 5.74) is 0. The third-order valence-electron chi connectivity index (χ3n) is 1.63. The average molecular weight is 265 g/mol. The van der Waals surface area contributed by atoms with E-state index in [1.54, 1.807) is 0 Å². The molecule has 0 rings (SSSR count). The molecule has 0 spiro atoms. The van der Waals surface area contributed by atoms with E-state index in [0.29, 0.717) is 0 Å². The zero-order valence-corrected chi connectivity index (χ0v) is 15.0. The van der Waals surface area contributed by atoms with E-state index in [0.717, 1.165) is 0 Å². The van der Waals surface area contributed by atoms with Crippen LogP contribution in [0.4, 0.5) is 0 Å². The molecule has 0 bridgehead atoms. The van der Waals surface area contributed by atoms with Crippen molar-refractivity contribution in [3.8, 4) is 0 Å². The van der Waals surface area contributed by atoms with Crippen molar-refractivity contribution < 1.29 is 8.23 Å². The van der Waals surface area contributed by atoms with Crippen molar-refractivity contribution in [2.75, 3.05) is 0 Å². The highest BCUT2D eigenvalue weighted by molar-refractivity contribution is 6.81. The fourth-order valence-corrected chi connectivity index (χ4v) is 9.61. The molecule has 92 valence electrons. The van der Waals surface area contributed by atoms with Gasteiger partial charge in [-0.1, -0.05) is 20.8 Å². The maximum absolute atomic E-state index is 6.27. The summed E-state index contributed by atoms with van der Waals surface area (Å²) in [7, 11) is -4.49. The Kier molecular flexibility index (Phi) is 5.01. The van der Waals surface area contributed by atoms with Crippen LogP contribution in [0.5, 0.6) is 0 Å². The number of hydrogen-bond donors (Lipinski definition) is 0. The van der Waals surface area contributed by atoms with Gasteiger partial charge in [-0.15, -0.1) is 0 Å². The monoisotopic (exact) mass is 264 g/mol. The highest BCUT2D eigenvalue weighted by atomic mass is 28.4. The smallest absolute Gasteiger partial charge is 0.306 e. The van der Waals surface area contributed by atoms with Crippen LogP contribution in [0.1, 0.15) is 20.8 Å². The lowest BCUT2D eigenvalue weighted by Gasteiger charge is -2.37. The van der Waals surface area contributed by atoms with Gasteiger partial charge in [0.1, 0.15) is 0 Å². The molecule has 0 aliphatic carbocycles. The first-order chi connectivity index (χ1) is 6.31. The molecular formula is C10H28O2Si3. The van der Waals surface area contributed by atoms with Gasteiger partial charge < -0.3 is 8.23 Å². The van der Waals surface area contributed by atoms with Gasteiger partial charge in [-0.25, -0.2) is 0 Å². The quantitative estimate of drug-likeness (QED) is 0.721. The lowest BCUT2D eigenvalue weighted by atomic mass is 10.3. The van der Waals surface area contributed by atoms with Gasteiger partial charge in [0.05, 0.1) is 0 Å². The molecule has 2 nitrogen and oxygen atoms in total. The molecule has 15 heavy (non-hydrogen) atoms. The van der Waals surface area contributed by atoms with E-state index >= 15 is 0 Å². The maximum atomic E-state index is 6.27. The molecule has 0 atom stereocenters. The Hall–Kier alpha value is 0.571. The van der Waals surface area contributed by atoms with E-state index in [4.69, 9.17) is 8.23 Å².